The molecule has 0 saturated carbocycles. The fraction of sp³-hybridized carbons (Fsp3) is 0. The number of nitrogens with zero attached hydrogens (tertiary/aromatic N) is 2. The van der Waals surface area contributed by atoms with Gasteiger partial charge < -0.3 is 9.52 Å². The third-order valence-electron chi connectivity index (χ3n) is 4.45. The number of para-hydroxylation sites is 1. The van der Waals surface area contributed by atoms with E-state index in [2.05, 4.69) is 4.99 Å². The Morgan fingerprint density at radius 1 is 1.07 bits per heavy atom. The molecule has 0 aliphatic carbocycles. The molecule has 1 heterocycles. The quantitative estimate of drug-likeness (QED) is 0.204. The van der Waals surface area contributed by atoms with Gasteiger partial charge in [0.05, 0.1) is 16.2 Å². The third-order valence-corrected chi connectivity index (χ3v) is 4.67. The van der Waals surface area contributed by atoms with Gasteiger partial charge in [-0.05, 0) is 35.9 Å². The number of aliphatic imine (C=N–C) groups is 1. The van der Waals surface area contributed by atoms with Crippen LogP contribution in [0.15, 0.2) is 80.9 Å². The molecule has 4 rings (SSSR count). The van der Waals surface area contributed by atoms with Crippen molar-refractivity contribution < 1.29 is 14.4 Å². The van der Waals surface area contributed by atoms with Gasteiger partial charge in [-0.2, -0.15) is 0 Å². The molecule has 0 amide bonds. The summed E-state index contributed by atoms with van der Waals surface area (Å²) in [7, 11) is 0. The number of aromatic hydroxyl groups is 1. The van der Waals surface area contributed by atoms with Gasteiger partial charge in [0.1, 0.15) is 5.58 Å². The summed E-state index contributed by atoms with van der Waals surface area (Å²) in [5, 5.41) is 21.9. The molecule has 8 heteroatoms. The van der Waals surface area contributed by atoms with Crippen molar-refractivity contribution in [3.63, 3.8) is 0 Å². The average molecular weight is 421 g/mol. The van der Waals surface area contributed by atoms with Crippen LogP contribution in [0.25, 0.3) is 22.1 Å². The van der Waals surface area contributed by atoms with Crippen molar-refractivity contribution in [2.45, 2.75) is 0 Å². The molecule has 3 aromatic carbocycles. The predicted octanol–water partition coefficient (Wildman–Crippen LogP) is 5.48. The molecule has 4 aromatic rings. The van der Waals surface area contributed by atoms with Gasteiger partial charge in [-0.3, -0.25) is 15.1 Å². The van der Waals surface area contributed by atoms with Crippen molar-refractivity contribution in [3.8, 4) is 16.9 Å². The highest BCUT2D eigenvalue weighted by molar-refractivity contribution is 6.31. The van der Waals surface area contributed by atoms with Crippen LogP contribution in [0.1, 0.15) is 5.56 Å². The predicted molar refractivity (Wildman–Crippen MR) is 115 cm³/mol. The Labute approximate surface area is 174 Å². The largest absolute Gasteiger partial charge is 0.502 e. The second kappa shape index (κ2) is 7.81. The van der Waals surface area contributed by atoms with Crippen molar-refractivity contribution in [2.75, 3.05) is 0 Å². The molecule has 1 aromatic heterocycles. The van der Waals surface area contributed by atoms with E-state index in [0.29, 0.717) is 22.4 Å². The lowest BCUT2D eigenvalue weighted by Gasteiger charge is -2.04. The lowest BCUT2D eigenvalue weighted by molar-refractivity contribution is -0.385. The summed E-state index contributed by atoms with van der Waals surface area (Å²) in [6, 6.07) is 18.2. The summed E-state index contributed by atoms with van der Waals surface area (Å²) in [4.78, 5) is 26.8. The molecule has 30 heavy (non-hydrogen) atoms. The van der Waals surface area contributed by atoms with Crippen LogP contribution in [0, 0.1) is 10.1 Å². The SMILES string of the molecule is O=c1oc2ccccc2cc1-c1ccc(N=Cc2cc(Cl)cc([N+](=O)[O-])c2O)cc1. The number of phenolic OH excluding ortho intramolecular Hbond substituents is 1. The second-order valence-corrected chi connectivity index (χ2v) is 6.85. The Balaban J connectivity index is 1.65. The van der Waals surface area contributed by atoms with Crippen LogP contribution in [-0.2, 0) is 0 Å². The molecule has 0 radical (unpaired) electrons. The van der Waals surface area contributed by atoms with Gasteiger partial charge >= 0.3 is 11.3 Å². The fourth-order valence-electron chi connectivity index (χ4n) is 2.98. The van der Waals surface area contributed by atoms with Crippen molar-refractivity contribution >= 4 is 40.2 Å². The maximum Gasteiger partial charge on any atom is 0.344 e. The van der Waals surface area contributed by atoms with Crippen LogP contribution in [0.4, 0.5) is 11.4 Å². The summed E-state index contributed by atoms with van der Waals surface area (Å²) < 4.78 is 5.36. The number of nitro groups is 1. The Hall–Kier alpha value is -3.97. The van der Waals surface area contributed by atoms with Crippen LogP contribution in [0.2, 0.25) is 5.02 Å². The van der Waals surface area contributed by atoms with Gasteiger partial charge in [0, 0.05) is 28.3 Å². The zero-order valence-electron chi connectivity index (χ0n) is 15.3. The molecule has 0 saturated heterocycles. The summed E-state index contributed by atoms with van der Waals surface area (Å²) in [6.45, 7) is 0. The standard InChI is InChI=1S/C22H13ClN2O5/c23-16-9-15(21(26)19(11-16)25(28)29)12-24-17-7-5-13(6-8-17)18-10-14-3-1-2-4-20(14)30-22(18)27/h1-12,26H. The smallest absolute Gasteiger partial charge is 0.344 e. The van der Waals surface area contributed by atoms with E-state index < -0.39 is 22.0 Å². The second-order valence-electron chi connectivity index (χ2n) is 6.41. The van der Waals surface area contributed by atoms with E-state index in [0.717, 1.165) is 11.5 Å². The zero-order chi connectivity index (χ0) is 21.3. The lowest BCUT2D eigenvalue weighted by Crippen LogP contribution is -2.02. The zero-order valence-corrected chi connectivity index (χ0v) is 16.0. The number of phenols is 1. The maximum absolute atomic E-state index is 12.3. The van der Waals surface area contributed by atoms with Crippen LogP contribution in [-0.4, -0.2) is 16.2 Å². The molecule has 0 bridgehead atoms. The van der Waals surface area contributed by atoms with Gasteiger partial charge in [-0.1, -0.05) is 41.9 Å². The number of fused-ring (bicyclic) bond motifs is 1. The van der Waals surface area contributed by atoms with Gasteiger partial charge in [0.15, 0.2) is 0 Å². The highest BCUT2D eigenvalue weighted by atomic mass is 35.5. The van der Waals surface area contributed by atoms with Crippen molar-refractivity contribution in [2.24, 2.45) is 4.99 Å². The number of hydrogen-bond donors (Lipinski definition) is 1. The van der Waals surface area contributed by atoms with E-state index in [1.807, 2.05) is 12.1 Å². The van der Waals surface area contributed by atoms with Gasteiger partial charge in [-0.25, -0.2) is 4.79 Å². The molecule has 0 aliphatic rings. The Morgan fingerprint density at radius 2 is 1.80 bits per heavy atom. The Morgan fingerprint density at radius 3 is 2.53 bits per heavy atom. The van der Waals surface area contributed by atoms with Crippen molar-refractivity contribution in [1.29, 1.82) is 0 Å². The van der Waals surface area contributed by atoms with Gasteiger partial charge in [-0.15, -0.1) is 0 Å². The number of hydrogen-bond acceptors (Lipinski definition) is 6. The third kappa shape index (κ3) is 3.78. The molecule has 148 valence electrons. The van der Waals surface area contributed by atoms with Crippen LogP contribution >= 0.6 is 11.6 Å². The highest BCUT2D eigenvalue weighted by Gasteiger charge is 2.17. The molecule has 1 N–H and O–H groups in total. The van der Waals surface area contributed by atoms with E-state index in [4.69, 9.17) is 16.0 Å². The van der Waals surface area contributed by atoms with E-state index in [9.17, 15) is 20.0 Å². The first-order valence-electron chi connectivity index (χ1n) is 8.76. The fourth-order valence-corrected chi connectivity index (χ4v) is 3.20. The maximum atomic E-state index is 12.3. The van der Waals surface area contributed by atoms with Crippen molar-refractivity contribution in [3.05, 3.63) is 97.9 Å². The van der Waals surface area contributed by atoms with E-state index in [-0.39, 0.29) is 10.6 Å². The van der Waals surface area contributed by atoms with E-state index in [1.165, 1.54) is 12.3 Å². The van der Waals surface area contributed by atoms with E-state index >= 15 is 0 Å². The molecular weight excluding hydrogens is 408 g/mol. The highest BCUT2D eigenvalue weighted by Crippen LogP contribution is 2.32. The molecule has 0 aliphatic heterocycles. The first-order valence-corrected chi connectivity index (χ1v) is 9.14. The minimum Gasteiger partial charge on any atom is -0.502 e. The Kier molecular flexibility index (Phi) is 5.04. The molecule has 0 unspecified atom stereocenters. The first kappa shape index (κ1) is 19.4. The van der Waals surface area contributed by atoms with Gasteiger partial charge in [0.25, 0.3) is 0 Å². The van der Waals surface area contributed by atoms with Crippen molar-refractivity contribution in [1.82, 2.24) is 0 Å². The minimum atomic E-state index is -0.720. The normalized spacial score (nSPS) is 11.2. The summed E-state index contributed by atoms with van der Waals surface area (Å²) in [6.07, 6.45) is 1.29. The first-order chi connectivity index (χ1) is 14.4. The molecule has 0 spiro atoms. The van der Waals surface area contributed by atoms with Crippen LogP contribution in [0.5, 0.6) is 5.75 Å². The number of benzene rings is 3. The molecule has 0 atom stereocenters. The number of halogens is 1. The summed E-state index contributed by atoms with van der Waals surface area (Å²) in [5.41, 5.74) is 1.30. The van der Waals surface area contributed by atoms with Crippen LogP contribution in [0.3, 0.4) is 0 Å². The monoisotopic (exact) mass is 420 g/mol. The van der Waals surface area contributed by atoms with Crippen LogP contribution < -0.4 is 5.63 Å². The van der Waals surface area contributed by atoms with E-state index in [1.54, 1.807) is 42.5 Å². The summed E-state index contributed by atoms with van der Waals surface area (Å²) in [5.74, 6) is -0.515. The topological polar surface area (TPSA) is 106 Å². The minimum absolute atomic E-state index is 0.110. The molecule has 0 fully saturated rings. The summed E-state index contributed by atoms with van der Waals surface area (Å²) >= 11 is 5.88. The van der Waals surface area contributed by atoms with Gasteiger partial charge in [0.2, 0.25) is 5.75 Å². The molecular formula is C22H13ClN2O5. The number of nitro benzene ring substituents is 1. The molecule has 7 nitrogen and oxygen atoms in total. The average Bonchev–Trinajstić information content (AvgIpc) is 2.74. The Bertz CT molecular complexity index is 1360. The lowest BCUT2D eigenvalue weighted by atomic mass is 10.1. The number of rotatable bonds is 4.